The minimum atomic E-state index is 0.512. The summed E-state index contributed by atoms with van der Waals surface area (Å²) in [5.74, 6) is 1.49. The predicted octanol–water partition coefficient (Wildman–Crippen LogP) is 4.74. The molecule has 0 amide bonds. The molecule has 5 heteroatoms. The van der Waals surface area contributed by atoms with Gasteiger partial charge in [-0.05, 0) is 24.6 Å². The number of benzene rings is 1. The Morgan fingerprint density at radius 1 is 1.40 bits per heavy atom. The van der Waals surface area contributed by atoms with Crippen LogP contribution >= 0.6 is 27.5 Å². The van der Waals surface area contributed by atoms with Gasteiger partial charge >= 0.3 is 0 Å². The summed E-state index contributed by atoms with van der Waals surface area (Å²) >= 11 is 9.71. The normalized spacial score (nSPS) is 11.7. The summed E-state index contributed by atoms with van der Waals surface area (Å²) in [5, 5.41) is 5.01. The van der Waals surface area contributed by atoms with Crippen LogP contribution in [0.15, 0.2) is 21.0 Å². The molecule has 20 heavy (non-hydrogen) atoms. The van der Waals surface area contributed by atoms with Crippen molar-refractivity contribution < 1.29 is 9.15 Å². The first kappa shape index (κ1) is 15.8. The fraction of sp³-hybridized carbons (Fsp3) is 0.467. The second-order valence-electron chi connectivity index (χ2n) is 5.23. The number of hydrogen-bond acceptors (Lipinski definition) is 3. The maximum absolute atomic E-state index is 6.25. The summed E-state index contributed by atoms with van der Waals surface area (Å²) < 4.78 is 12.2. The number of furan rings is 1. The molecule has 0 saturated heterocycles. The summed E-state index contributed by atoms with van der Waals surface area (Å²) in [5.41, 5.74) is 1.78. The van der Waals surface area contributed by atoms with E-state index in [1.807, 2.05) is 12.1 Å². The van der Waals surface area contributed by atoms with E-state index in [4.69, 9.17) is 20.8 Å². The first-order chi connectivity index (χ1) is 9.52. The lowest BCUT2D eigenvalue weighted by molar-refractivity contribution is 0.183. The zero-order valence-corrected chi connectivity index (χ0v) is 14.3. The molecule has 0 radical (unpaired) electrons. The van der Waals surface area contributed by atoms with E-state index in [-0.39, 0.29) is 0 Å². The number of halogens is 2. The van der Waals surface area contributed by atoms with E-state index in [0.717, 1.165) is 33.3 Å². The average Bonchev–Trinajstić information content (AvgIpc) is 2.69. The van der Waals surface area contributed by atoms with Gasteiger partial charge in [-0.2, -0.15) is 0 Å². The summed E-state index contributed by atoms with van der Waals surface area (Å²) in [7, 11) is 1.68. The van der Waals surface area contributed by atoms with E-state index >= 15 is 0 Å². The Balaban J connectivity index is 2.37. The zero-order valence-electron chi connectivity index (χ0n) is 11.9. The SMILES string of the molecule is COCc1c(CNCC(C)C)oc2c(Cl)cc(Br)cc12. The third-order valence-corrected chi connectivity index (χ3v) is 3.76. The maximum atomic E-state index is 6.25. The largest absolute Gasteiger partial charge is 0.458 e. The van der Waals surface area contributed by atoms with Crippen LogP contribution < -0.4 is 5.32 Å². The van der Waals surface area contributed by atoms with E-state index in [1.165, 1.54) is 0 Å². The monoisotopic (exact) mass is 359 g/mol. The molecular weight excluding hydrogens is 342 g/mol. The third-order valence-electron chi connectivity index (χ3n) is 3.02. The highest BCUT2D eigenvalue weighted by atomic mass is 79.9. The Morgan fingerprint density at radius 2 is 2.15 bits per heavy atom. The molecule has 0 unspecified atom stereocenters. The average molecular weight is 361 g/mol. The first-order valence-electron chi connectivity index (χ1n) is 6.61. The molecule has 1 aromatic carbocycles. The van der Waals surface area contributed by atoms with Gasteiger partial charge < -0.3 is 14.5 Å². The van der Waals surface area contributed by atoms with Gasteiger partial charge in [0, 0.05) is 22.5 Å². The van der Waals surface area contributed by atoms with Gasteiger partial charge in [0.2, 0.25) is 0 Å². The van der Waals surface area contributed by atoms with E-state index in [0.29, 0.717) is 24.1 Å². The van der Waals surface area contributed by atoms with Crippen LogP contribution in [0.2, 0.25) is 5.02 Å². The molecule has 0 fully saturated rings. The first-order valence-corrected chi connectivity index (χ1v) is 7.79. The van der Waals surface area contributed by atoms with Gasteiger partial charge in [-0.1, -0.05) is 41.4 Å². The molecule has 1 N–H and O–H groups in total. The third kappa shape index (κ3) is 3.55. The van der Waals surface area contributed by atoms with E-state index < -0.39 is 0 Å². The molecular formula is C15H19BrClNO2. The number of fused-ring (bicyclic) bond motifs is 1. The van der Waals surface area contributed by atoms with Crippen LogP contribution in [0.5, 0.6) is 0 Å². The lowest BCUT2D eigenvalue weighted by Gasteiger charge is -2.07. The lowest BCUT2D eigenvalue weighted by Crippen LogP contribution is -2.19. The zero-order chi connectivity index (χ0) is 14.7. The Kier molecular flexibility index (Phi) is 5.49. The Hall–Kier alpha value is -0.550. The number of hydrogen-bond donors (Lipinski definition) is 1. The highest BCUT2D eigenvalue weighted by Gasteiger charge is 2.16. The van der Waals surface area contributed by atoms with E-state index in [9.17, 15) is 0 Å². The quantitative estimate of drug-likeness (QED) is 0.808. The Labute approximate surface area is 132 Å². The molecule has 0 bridgehead atoms. The topological polar surface area (TPSA) is 34.4 Å². The smallest absolute Gasteiger partial charge is 0.153 e. The molecule has 1 aromatic heterocycles. The molecule has 0 aliphatic heterocycles. The molecule has 0 aliphatic carbocycles. The van der Waals surface area contributed by atoms with Crippen molar-refractivity contribution in [1.82, 2.24) is 5.32 Å². The van der Waals surface area contributed by atoms with Gasteiger partial charge in [-0.25, -0.2) is 0 Å². The van der Waals surface area contributed by atoms with Crippen molar-refractivity contribution in [2.75, 3.05) is 13.7 Å². The minimum absolute atomic E-state index is 0.512. The number of methoxy groups -OCH3 is 1. The fourth-order valence-electron chi connectivity index (χ4n) is 2.14. The minimum Gasteiger partial charge on any atom is -0.458 e. The van der Waals surface area contributed by atoms with Crippen LogP contribution in [-0.4, -0.2) is 13.7 Å². The fourth-order valence-corrected chi connectivity index (χ4v) is 2.99. The van der Waals surface area contributed by atoms with Crippen LogP contribution in [0.3, 0.4) is 0 Å². The van der Waals surface area contributed by atoms with Crippen molar-refractivity contribution in [3.63, 3.8) is 0 Å². The summed E-state index contributed by atoms with van der Waals surface area (Å²) in [4.78, 5) is 0. The van der Waals surface area contributed by atoms with Crippen molar-refractivity contribution in [2.45, 2.75) is 27.0 Å². The van der Waals surface area contributed by atoms with E-state index in [2.05, 4.69) is 35.1 Å². The van der Waals surface area contributed by atoms with Crippen LogP contribution in [0, 0.1) is 5.92 Å². The highest BCUT2D eigenvalue weighted by Crippen LogP contribution is 2.34. The van der Waals surface area contributed by atoms with Crippen LogP contribution in [0.4, 0.5) is 0 Å². The van der Waals surface area contributed by atoms with E-state index in [1.54, 1.807) is 7.11 Å². The van der Waals surface area contributed by atoms with Gasteiger partial charge in [-0.15, -0.1) is 0 Å². The predicted molar refractivity (Wildman–Crippen MR) is 86.2 cm³/mol. The van der Waals surface area contributed by atoms with Crippen LogP contribution in [-0.2, 0) is 17.9 Å². The Morgan fingerprint density at radius 3 is 2.80 bits per heavy atom. The van der Waals surface area contributed by atoms with Crippen LogP contribution in [0.1, 0.15) is 25.2 Å². The van der Waals surface area contributed by atoms with Gasteiger partial charge in [0.25, 0.3) is 0 Å². The highest BCUT2D eigenvalue weighted by molar-refractivity contribution is 9.10. The van der Waals surface area contributed by atoms with Crippen molar-refractivity contribution >= 4 is 38.5 Å². The van der Waals surface area contributed by atoms with Gasteiger partial charge in [0.1, 0.15) is 5.76 Å². The molecule has 0 aliphatic rings. The molecule has 0 atom stereocenters. The molecule has 110 valence electrons. The molecule has 0 saturated carbocycles. The second kappa shape index (κ2) is 6.94. The lowest BCUT2D eigenvalue weighted by atomic mass is 10.1. The van der Waals surface area contributed by atoms with Crippen LogP contribution in [0.25, 0.3) is 11.0 Å². The van der Waals surface area contributed by atoms with Crippen molar-refractivity contribution in [1.29, 1.82) is 0 Å². The second-order valence-corrected chi connectivity index (χ2v) is 6.55. The maximum Gasteiger partial charge on any atom is 0.153 e. The standard InChI is InChI=1S/C15H19BrClNO2/c1-9(2)6-18-7-14-12(8-19-3)11-4-10(16)5-13(17)15(11)20-14/h4-5,9,18H,6-8H2,1-3H3. The number of ether oxygens (including phenoxy) is 1. The molecule has 0 spiro atoms. The Bertz CT molecular complexity index is 595. The van der Waals surface area contributed by atoms with Gasteiger partial charge in [-0.3, -0.25) is 0 Å². The summed E-state index contributed by atoms with van der Waals surface area (Å²) in [6.07, 6.45) is 0. The van der Waals surface area contributed by atoms with Gasteiger partial charge in [0.05, 0.1) is 18.2 Å². The summed E-state index contributed by atoms with van der Waals surface area (Å²) in [6.45, 7) is 6.49. The molecule has 2 rings (SSSR count). The van der Waals surface area contributed by atoms with Crippen molar-refractivity contribution in [3.05, 3.63) is 33.0 Å². The summed E-state index contributed by atoms with van der Waals surface area (Å²) in [6, 6.07) is 3.86. The number of rotatable bonds is 6. The van der Waals surface area contributed by atoms with Crippen molar-refractivity contribution in [2.24, 2.45) is 5.92 Å². The molecule has 1 heterocycles. The van der Waals surface area contributed by atoms with Gasteiger partial charge in [0.15, 0.2) is 5.58 Å². The molecule has 2 aromatic rings. The van der Waals surface area contributed by atoms with Crippen molar-refractivity contribution in [3.8, 4) is 0 Å². The number of nitrogens with one attached hydrogen (secondary N) is 1. The molecule has 3 nitrogen and oxygen atoms in total.